The SMILES string of the molecule is COC(=O)c1cccc(Nc2nccc3ccc(C#N)cc23)c1. The van der Waals surface area contributed by atoms with Gasteiger partial charge in [-0.25, -0.2) is 9.78 Å². The van der Waals surface area contributed by atoms with E-state index in [-0.39, 0.29) is 0 Å². The van der Waals surface area contributed by atoms with Gasteiger partial charge in [0.25, 0.3) is 0 Å². The highest BCUT2D eigenvalue weighted by Crippen LogP contribution is 2.25. The Labute approximate surface area is 133 Å². The fourth-order valence-corrected chi connectivity index (χ4v) is 2.32. The number of anilines is 2. The number of nitrogens with zero attached hydrogens (tertiary/aromatic N) is 2. The molecule has 3 rings (SSSR count). The summed E-state index contributed by atoms with van der Waals surface area (Å²) in [5.74, 6) is 0.230. The van der Waals surface area contributed by atoms with Crippen LogP contribution in [0.4, 0.5) is 11.5 Å². The number of ether oxygens (including phenoxy) is 1. The summed E-state index contributed by atoms with van der Waals surface area (Å²) < 4.78 is 4.72. The molecule has 0 aliphatic heterocycles. The number of nitriles is 1. The molecule has 1 heterocycles. The predicted molar refractivity (Wildman–Crippen MR) is 87.5 cm³/mol. The van der Waals surface area contributed by atoms with Gasteiger partial charge in [-0.05, 0) is 41.8 Å². The van der Waals surface area contributed by atoms with E-state index in [1.54, 1.807) is 36.5 Å². The van der Waals surface area contributed by atoms with Crippen molar-refractivity contribution in [3.05, 3.63) is 65.9 Å². The lowest BCUT2D eigenvalue weighted by Crippen LogP contribution is -2.02. The van der Waals surface area contributed by atoms with Crippen LogP contribution < -0.4 is 5.32 Å². The number of carbonyl (C=O) groups excluding carboxylic acids is 1. The monoisotopic (exact) mass is 303 g/mol. The van der Waals surface area contributed by atoms with Crippen molar-refractivity contribution in [1.29, 1.82) is 5.26 Å². The van der Waals surface area contributed by atoms with E-state index >= 15 is 0 Å². The molecular formula is C18H13N3O2. The van der Waals surface area contributed by atoms with E-state index in [1.165, 1.54) is 7.11 Å². The zero-order valence-electron chi connectivity index (χ0n) is 12.4. The molecule has 0 unspecified atom stereocenters. The number of hydrogen-bond acceptors (Lipinski definition) is 5. The van der Waals surface area contributed by atoms with Gasteiger partial charge in [0.15, 0.2) is 0 Å². The minimum Gasteiger partial charge on any atom is -0.465 e. The fraction of sp³-hybridized carbons (Fsp3) is 0.0556. The lowest BCUT2D eigenvalue weighted by Gasteiger charge is -2.10. The summed E-state index contributed by atoms with van der Waals surface area (Å²) in [4.78, 5) is 15.9. The molecule has 2 aromatic carbocycles. The zero-order valence-corrected chi connectivity index (χ0v) is 12.4. The number of aromatic nitrogens is 1. The second-order valence-corrected chi connectivity index (χ2v) is 4.90. The van der Waals surface area contributed by atoms with E-state index in [0.29, 0.717) is 16.9 Å². The Balaban J connectivity index is 2.02. The Hall–Kier alpha value is -3.39. The summed E-state index contributed by atoms with van der Waals surface area (Å²) in [7, 11) is 1.35. The second-order valence-electron chi connectivity index (χ2n) is 4.90. The first-order valence-corrected chi connectivity index (χ1v) is 6.95. The van der Waals surface area contributed by atoms with Gasteiger partial charge in [0.2, 0.25) is 0 Å². The molecule has 23 heavy (non-hydrogen) atoms. The number of hydrogen-bond donors (Lipinski definition) is 1. The molecule has 112 valence electrons. The van der Waals surface area contributed by atoms with Crippen LogP contribution in [0.1, 0.15) is 15.9 Å². The van der Waals surface area contributed by atoms with Crippen molar-refractivity contribution in [3.63, 3.8) is 0 Å². The Morgan fingerprint density at radius 3 is 2.87 bits per heavy atom. The van der Waals surface area contributed by atoms with Crippen LogP contribution in [-0.4, -0.2) is 18.1 Å². The Morgan fingerprint density at radius 1 is 1.22 bits per heavy atom. The molecule has 5 nitrogen and oxygen atoms in total. The average molecular weight is 303 g/mol. The molecule has 0 saturated carbocycles. The van der Waals surface area contributed by atoms with Gasteiger partial charge in [0.1, 0.15) is 5.82 Å². The molecule has 3 aromatic rings. The Morgan fingerprint density at radius 2 is 2.09 bits per heavy atom. The first-order chi connectivity index (χ1) is 11.2. The van der Waals surface area contributed by atoms with Gasteiger partial charge in [0.05, 0.1) is 24.3 Å². The third-order valence-corrected chi connectivity index (χ3v) is 3.44. The normalized spacial score (nSPS) is 10.1. The highest BCUT2D eigenvalue weighted by Gasteiger charge is 2.08. The largest absolute Gasteiger partial charge is 0.465 e. The van der Waals surface area contributed by atoms with Crippen molar-refractivity contribution in [2.45, 2.75) is 0 Å². The summed E-state index contributed by atoms with van der Waals surface area (Å²) in [5.41, 5.74) is 1.74. The topological polar surface area (TPSA) is 75.0 Å². The maximum atomic E-state index is 11.6. The molecule has 1 aromatic heterocycles. The molecule has 0 fully saturated rings. The summed E-state index contributed by atoms with van der Waals surface area (Å²) >= 11 is 0. The summed E-state index contributed by atoms with van der Waals surface area (Å²) in [6.07, 6.45) is 1.70. The zero-order chi connectivity index (χ0) is 16.2. The maximum absolute atomic E-state index is 11.6. The van der Waals surface area contributed by atoms with Crippen molar-refractivity contribution in [1.82, 2.24) is 4.98 Å². The van der Waals surface area contributed by atoms with Gasteiger partial charge in [0, 0.05) is 17.3 Å². The minimum atomic E-state index is -0.397. The molecule has 0 radical (unpaired) electrons. The van der Waals surface area contributed by atoms with Crippen molar-refractivity contribution in [2.24, 2.45) is 0 Å². The highest BCUT2D eigenvalue weighted by atomic mass is 16.5. The molecule has 0 saturated heterocycles. The third-order valence-electron chi connectivity index (χ3n) is 3.44. The standard InChI is InChI=1S/C18H13N3O2/c1-23-18(22)14-3-2-4-15(10-14)21-17-16-9-12(11-19)5-6-13(16)7-8-20-17/h2-10H,1H3,(H,20,21). The van der Waals surface area contributed by atoms with Gasteiger partial charge in [-0.2, -0.15) is 5.26 Å². The van der Waals surface area contributed by atoms with E-state index in [9.17, 15) is 4.79 Å². The maximum Gasteiger partial charge on any atom is 0.337 e. The minimum absolute atomic E-state index is 0.397. The van der Waals surface area contributed by atoms with Gasteiger partial charge >= 0.3 is 5.97 Å². The molecule has 5 heteroatoms. The Kier molecular flexibility index (Phi) is 3.89. The smallest absolute Gasteiger partial charge is 0.337 e. The van der Waals surface area contributed by atoms with Crippen LogP contribution in [-0.2, 0) is 4.74 Å². The summed E-state index contributed by atoms with van der Waals surface area (Å²) in [5, 5.41) is 14.1. The fourth-order valence-electron chi connectivity index (χ4n) is 2.32. The van der Waals surface area contributed by atoms with Crippen LogP contribution in [0.3, 0.4) is 0 Å². The number of benzene rings is 2. The van der Waals surface area contributed by atoms with E-state index < -0.39 is 5.97 Å². The number of nitrogens with one attached hydrogen (secondary N) is 1. The number of carbonyl (C=O) groups is 1. The average Bonchev–Trinajstić information content (AvgIpc) is 2.61. The van der Waals surface area contributed by atoms with Crippen LogP contribution in [0.25, 0.3) is 10.8 Å². The quantitative estimate of drug-likeness (QED) is 0.748. The number of pyridine rings is 1. The summed E-state index contributed by atoms with van der Waals surface area (Å²) in [6, 6.07) is 16.4. The molecule has 0 atom stereocenters. The van der Waals surface area contributed by atoms with Crippen molar-refractivity contribution in [2.75, 3.05) is 12.4 Å². The lowest BCUT2D eigenvalue weighted by molar-refractivity contribution is 0.0601. The second kappa shape index (κ2) is 6.16. The van der Waals surface area contributed by atoms with Crippen LogP contribution in [0.5, 0.6) is 0 Å². The first kappa shape index (κ1) is 14.5. The lowest BCUT2D eigenvalue weighted by atomic mass is 10.1. The van der Waals surface area contributed by atoms with E-state index in [0.717, 1.165) is 16.5 Å². The molecular weight excluding hydrogens is 290 g/mol. The number of esters is 1. The van der Waals surface area contributed by atoms with Gasteiger partial charge in [-0.3, -0.25) is 0 Å². The predicted octanol–water partition coefficient (Wildman–Crippen LogP) is 3.64. The van der Waals surface area contributed by atoms with Crippen molar-refractivity contribution in [3.8, 4) is 6.07 Å². The molecule has 0 aliphatic rings. The van der Waals surface area contributed by atoms with Crippen molar-refractivity contribution < 1.29 is 9.53 Å². The van der Waals surface area contributed by atoms with Crippen LogP contribution in [0.15, 0.2) is 54.7 Å². The van der Waals surface area contributed by atoms with Gasteiger partial charge in [-0.15, -0.1) is 0 Å². The van der Waals surface area contributed by atoms with Crippen molar-refractivity contribution >= 4 is 28.2 Å². The van der Waals surface area contributed by atoms with Crippen LogP contribution in [0, 0.1) is 11.3 Å². The third kappa shape index (κ3) is 2.97. The Bertz CT molecular complexity index is 929. The number of rotatable bonds is 3. The summed E-state index contributed by atoms with van der Waals surface area (Å²) in [6.45, 7) is 0. The van der Waals surface area contributed by atoms with Gasteiger partial charge in [-0.1, -0.05) is 12.1 Å². The number of fused-ring (bicyclic) bond motifs is 1. The van der Waals surface area contributed by atoms with E-state index in [4.69, 9.17) is 10.00 Å². The first-order valence-electron chi connectivity index (χ1n) is 6.95. The van der Waals surface area contributed by atoms with E-state index in [1.807, 2.05) is 18.2 Å². The number of methoxy groups -OCH3 is 1. The molecule has 0 amide bonds. The molecule has 1 N–H and O–H groups in total. The highest BCUT2D eigenvalue weighted by molar-refractivity contribution is 5.95. The molecule has 0 aliphatic carbocycles. The van der Waals surface area contributed by atoms with Crippen LogP contribution in [0.2, 0.25) is 0 Å². The van der Waals surface area contributed by atoms with Crippen LogP contribution >= 0.6 is 0 Å². The van der Waals surface area contributed by atoms with E-state index in [2.05, 4.69) is 16.4 Å². The molecule has 0 spiro atoms. The van der Waals surface area contributed by atoms with Gasteiger partial charge < -0.3 is 10.1 Å². The molecule has 0 bridgehead atoms.